The third kappa shape index (κ3) is 2.20. The zero-order valence-corrected chi connectivity index (χ0v) is 11.0. The van der Waals surface area contributed by atoms with Gasteiger partial charge in [0.05, 0.1) is 0 Å². The van der Waals surface area contributed by atoms with Crippen LogP contribution >= 0.6 is 11.8 Å². The van der Waals surface area contributed by atoms with Crippen LogP contribution in [0.3, 0.4) is 0 Å². The fraction of sp³-hybridized carbons (Fsp3) is 0.538. The lowest BCUT2D eigenvalue weighted by molar-refractivity contribution is 0.722. The number of nitrogens with one attached hydrogen (secondary N) is 1. The van der Waals surface area contributed by atoms with Crippen LogP contribution in [0.4, 0.5) is 5.69 Å². The smallest absolute Gasteiger partial charge is 0.0481 e. The Morgan fingerprint density at radius 2 is 2.19 bits per heavy atom. The summed E-state index contributed by atoms with van der Waals surface area (Å²) in [6.07, 6.45) is 0. The SMILES string of the molecule is CC(C)c1ccc2c(c1)SC(CN)C(C)N2. The summed E-state index contributed by atoms with van der Waals surface area (Å²) in [5.41, 5.74) is 8.45. The van der Waals surface area contributed by atoms with Gasteiger partial charge in [0.2, 0.25) is 0 Å². The summed E-state index contributed by atoms with van der Waals surface area (Å²) in [6.45, 7) is 7.38. The molecule has 1 aromatic rings. The molecule has 2 rings (SSSR count). The summed E-state index contributed by atoms with van der Waals surface area (Å²) < 4.78 is 0. The van der Waals surface area contributed by atoms with Crippen LogP contribution in [0.1, 0.15) is 32.3 Å². The van der Waals surface area contributed by atoms with Crippen molar-refractivity contribution in [2.75, 3.05) is 11.9 Å². The normalized spacial score (nSPS) is 24.1. The first-order valence-electron chi connectivity index (χ1n) is 5.89. The van der Waals surface area contributed by atoms with Crippen LogP contribution in [-0.4, -0.2) is 17.8 Å². The summed E-state index contributed by atoms with van der Waals surface area (Å²) in [7, 11) is 0. The number of nitrogens with two attached hydrogens (primary N) is 1. The molecule has 0 amide bonds. The molecule has 1 aliphatic rings. The molecule has 2 unspecified atom stereocenters. The van der Waals surface area contributed by atoms with Crippen LogP contribution in [0.2, 0.25) is 0 Å². The average molecular weight is 236 g/mol. The molecular formula is C13H20N2S. The van der Waals surface area contributed by atoms with E-state index in [0.717, 1.165) is 6.54 Å². The maximum atomic E-state index is 5.79. The fourth-order valence-electron chi connectivity index (χ4n) is 1.97. The van der Waals surface area contributed by atoms with Crippen molar-refractivity contribution in [3.05, 3.63) is 23.8 Å². The van der Waals surface area contributed by atoms with Crippen LogP contribution in [-0.2, 0) is 0 Å². The second-order valence-electron chi connectivity index (χ2n) is 4.74. The van der Waals surface area contributed by atoms with Crippen LogP contribution in [0.5, 0.6) is 0 Å². The van der Waals surface area contributed by atoms with Crippen molar-refractivity contribution in [2.45, 2.75) is 42.9 Å². The minimum Gasteiger partial charge on any atom is -0.381 e. The van der Waals surface area contributed by atoms with Crippen LogP contribution in [0.25, 0.3) is 0 Å². The Labute approximate surface area is 102 Å². The quantitative estimate of drug-likeness (QED) is 0.829. The molecule has 2 atom stereocenters. The third-order valence-corrected chi connectivity index (χ3v) is 4.62. The largest absolute Gasteiger partial charge is 0.381 e. The molecule has 1 aromatic carbocycles. The van der Waals surface area contributed by atoms with Gasteiger partial charge in [-0.15, -0.1) is 11.8 Å². The van der Waals surface area contributed by atoms with Crippen LogP contribution < -0.4 is 11.1 Å². The summed E-state index contributed by atoms with van der Waals surface area (Å²) in [5.74, 6) is 0.585. The summed E-state index contributed by atoms with van der Waals surface area (Å²) in [4.78, 5) is 1.35. The van der Waals surface area contributed by atoms with E-state index in [1.54, 1.807) is 0 Å². The van der Waals surface area contributed by atoms with Crippen LogP contribution in [0.15, 0.2) is 23.1 Å². The Balaban J connectivity index is 2.30. The Morgan fingerprint density at radius 3 is 2.81 bits per heavy atom. The highest BCUT2D eigenvalue weighted by Crippen LogP contribution is 2.38. The van der Waals surface area contributed by atoms with E-state index < -0.39 is 0 Å². The summed E-state index contributed by atoms with van der Waals surface area (Å²) >= 11 is 1.91. The van der Waals surface area contributed by atoms with Gasteiger partial charge >= 0.3 is 0 Å². The van der Waals surface area contributed by atoms with Gasteiger partial charge in [-0.25, -0.2) is 0 Å². The van der Waals surface area contributed by atoms with Gasteiger partial charge in [0, 0.05) is 28.4 Å². The molecule has 0 spiro atoms. The number of fused-ring (bicyclic) bond motifs is 1. The molecule has 2 nitrogen and oxygen atoms in total. The number of benzene rings is 1. The lowest BCUT2D eigenvalue weighted by Gasteiger charge is -2.31. The van der Waals surface area contributed by atoms with Crippen molar-refractivity contribution in [1.82, 2.24) is 0 Å². The molecule has 0 saturated heterocycles. The molecule has 3 heteroatoms. The first-order valence-corrected chi connectivity index (χ1v) is 6.77. The van der Waals surface area contributed by atoms with Gasteiger partial charge in [0.1, 0.15) is 0 Å². The first kappa shape index (κ1) is 11.8. The van der Waals surface area contributed by atoms with E-state index in [9.17, 15) is 0 Å². The van der Waals surface area contributed by atoms with Crippen molar-refractivity contribution >= 4 is 17.4 Å². The fourth-order valence-corrected chi connectivity index (χ4v) is 3.12. The Hall–Kier alpha value is -0.670. The second-order valence-corrected chi connectivity index (χ2v) is 6.02. The molecule has 88 valence electrons. The number of rotatable bonds is 2. The monoisotopic (exact) mass is 236 g/mol. The molecule has 0 saturated carbocycles. The Kier molecular flexibility index (Phi) is 3.45. The zero-order chi connectivity index (χ0) is 11.7. The molecule has 0 bridgehead atoms. The molecule has 0 radical (unpaired) electrons. The van der Waals surface area contributed by atoms with E-state index >= 15 is 0 Å². The number of anilines is 1. The molecule has 1 aliphatic heterocycles. The van der Waals surface area contributed by atoms with E-state index in [2.05, 4.69) is 44.3 Å². The molecule has 0 fully saturated rings. The van der Waals surface area contributed by atoms with Crippen molar-refractivity contribution in [2.24, 2.45) is 5.73 Å². The average Bonchev–Trinajstić information content (AvgIpc) is 2.27. The first-order chi connectivity index (χ1) is 7.61. The van der Waals surface area contributed by atoms with Crippen molar-refractivity contribution in [3.8, 4) is 0 Å². The van der Waals surface area contributed by atoms with E-state index in [-0.39, 0.29) is 0 Å². The maximum absolute atomic E-state index is 5.79. The maximum Gasteiger partial charge on any atom is 0.0481 e. The van der Waals surface area contributed by atoms with Gasteiger partial charge in [-0.05, 0) is 30.5 Å². The number of hydrogen-bond acceptors (Lipinski definition) is 3. The highest BCUT2D eigenvalue weighted by Gasteiger charge is 2.24. The van der Waals surface area contributed by atoms with Crippen molar-refractivity contribution < 1.29 is 0 Å². The van der Waals surface area contributed by atoms with Gasteiger partial charge in [-0.2, -0.15) is 0 Å². The highest BCUT2D eigenvalue weighted by molar-refractivity contribution is 8.00. The summed E-state index contributed by atoms with van der Waals surface area (Å²) in [6, 6.07) is 7.16. The van der Waals surface area contributed by atoms with E-state index in [1.165, 1.54) is 16.1 Å². The van der Waals surface area contributed by atoms with Crippen LogP contribution in [0, 0.1) is 0 Å². The zero-order valence-electron chi connectivity index (χ0n) is 10.2. The summed E-state index contributed by atoms with van der Waals surface area (Å²) in [5, 5.41) is 4.01. The predicted octanol–water partition coefficient (Wildman–Crippen LogP) is 3.04. The molecule has 0 aromatic heterocycles. The minimum atomic E-state index is 0.451. The van der Waals surface area contributed by atoms with E-state index in [4.69, 9.17) is 5.73 Å². The lowest BCUT2D eigenvalue weighted by Crippen LogP contribution is -2.37. The highest BCUT2D eigenvalue weighted by atomic mass is 32.2. The molecule has 1 heterocycles. The van der Waals surface area contributed by atoms with Gasteiger partial charge < -0.3 is 11.1 Å². The number of hydrogen-bond donors (Lipinski definition) is 2. The van der Waals surface area contributed by atoms with Gasteiger partial charge in [-0.1, -0.05) is 19.9 Å². The van der Waals surface area contributed by atoms with Gasteiger partial charge in [0.25, 0.3) is 0 Å². The van der Waals surface area contributed by atoms with Gasteiger partial charge in [0.15, 0.2) is 0 Å². The lowest BCUT2D eigenvalue weighted by atomic mass is 10.0. The molecule has 16 heavy (non-hydrogen) atoms. The number of thioether (sulfide) groups is 1. The third-order valence-electron chi connectivity index (χ3n) is 3.12. The molecular weight excluding hydrogens is 216 g/mol. The Morgan fingerprint density at radius 1 is 1.44 bits per heavy atom. The molecule has 3 N–H and O–H groups in total. The minimum absolute atomic E-state index is 0.451. The van der Waals surface area contributed by atoms with E-state index in [0.29, 0.717) is 17.2 Å². The van der Waals surface area contributed by atoms with Crippen molar-refractivity contribution in [3.63, 3.8) is 0 Å². The Bertz CT molecular complexity index is 376. The van der Waals surface area contributed by atoms with Crippen molar-refractivity contribution in [1.29, 1.82) is 0 Å². The predicted molar refractivity (Wildman–Crippen MR) is 72.3 cm³/mol. The topological polar surface area (TPSA) is 38.0 Å². The second kappa shape index (κ2) is 4.68. The van der Waals surface area contributed by atoms with E-state index in [1.807, 2.05) is 11.8 Å². The standard InChI is InChI=1S/C13H20N2S/c1-8(2)10-4-5-11-12(6-10)16-13(7-14)9(3)15-11/h4-6,8-9,13,15H,7,14H2,1-3H3. The molecule has 0 aliphatic carbocycles. The van der Waals surface area contributed by atoms with Gasteiger partial charge in [-0.3, -0.25) is 0 Å².